The van der Waals surface area contributed by atoms with Crippen LogP contribution in [0.4, 0.5) is 0 Å². The minimum atomic E-state index is -3.81. The minimum absolute atomic E-state index is 0.0985. The van der Waals surface area contributed by atoms with Crippen LogP contribution >= 0.6 is 0 Å². The monoisotopic (exact) mass is 570 g/mol. The molecule has 0 N–H and O–H groups in total. The molecule has 0 unspecified atom stereocenters. The van der Waals surface area contributed by atoms with Crippen molar-refractivity contribution >= 4 is 34.3 Å². The van der Waals surface area contributed by atoms with Crippen molar-refractivity contribution in [2.75, 3.05) is 6.61 Å². The molecular formula is C34H38O4SSi. The first kappa shape index (κ1) is 27.4. The molecule has 0 amide bonds. The van der Waals surface area contributed by atoms with E-state index in [0.717, 1.165) is 0 Å². The number of fused-ring (bicyclic) bond motifs is 1. The van der Waals surface area contributed by atoms with Crippen LogP contribution in [0.3, 0.4) is 0 Å². The van der Waals surface area contributed by atoms with E-state index in [9.17, 15) is 13.2 Å². The molecule has 4 atom stereocenters. The van der Waals surface area contributed by atoms with Gasteiger partial charge in [-0.3, -0.25) is 4.79 Å². The Bertz CT molecular complexity index is 1490. The van der Waals surface area contributed by atoms with Crippen LogP contribution in [0.25, 0.3) is 0 Å². The van der Waals surface area contributed by atoms with Crippen molar-refractivity contribution < 1.29 is 17.6 Å². The number of rotatable bonds is 8. The maximum Gasteiger partial charge on any atom is 0.261 e. The summed E-state index contributed by atoms with van der Waals surface area (Å²) in [6.45, 7) is 7.32. The molecule has 3 aromatic carbocycles. The number of hydrogen-bond donors (Lipinski definition) is 0. The molecule has 0 radical (unpaired) electrons. The molecule has 4 nitrogen and oxygen atoms in total. The summed E-state index contributed by atoms with van der Waals surface area (Å²) in [6, 6.07) is 29.8. The molecule has 6 heteroatoms. The lowest BCUT2D eigenvalue weighted by atomic mass is 9.69. The number of hydrogen-bond acceptors (Lipinski definition) is 4. The molecule has 3 aliphatic carbocycles. The Morgan fingerprint density at radius 3 is 1.98 bits per heavy atom. The summed E-state index contributed by atoms with van der Waals surface area (Å²) < 4.78 is 34.1. The van der Waals surface area contributed by atoms with Crippen LogP contribution in [0.5, 0.6) is 0 Å². The lowest BCUT2D eigenvalue weighted by molar-refractivity contribution is -0.122. The largest absolute Gasteiger partial charge is 0.407 e. The SMILES string of the molecule is CC(C)(C)[Si](OCC[C@@]12C=CC[C@H]3[C@@H]1[C@@]3(S(=O)(=O)c1ccccc1)C(=O)CC2)(c1ccccc1)c1ccccc1. The van der Waals surface area contributed by atoms with Gasteiger partial charge in [-0.05, 0) is 58.1 Å². The lowest BCUT2D eigenvalue weighted by Crippen LogP contribution is -2.66. The molecule has 0 heterocycles. The summed E-state index contributed by atoms with van der Waals surface area (Å²) in [6.07, 6.45) is 6.68. The maximum atomic E-state index is 14.1. The fourth-order valence-corrected chi connectivity index (χ4v) is 15.3. The van der Waals surface area contributed by atoms with Crippen LogP contribution in [0.1, 0.15) is 46.5 Å². The van der Waals surface area contributed by atoms with Crippen molar-refractivity contribution in [2.24, 2.45) is 17.3 Å². The standard InChI is InChI=1S/C34H38O4SSi/c1-32(2,3)40(27-16-9-5-10-17-27,28-18-11-6-12-19-28)38-25-24-33-22-13-20-29-31(33)34(29,30(35)21-23-33)39(36,37)26-14-7-4-8-15-26/h4-19,22,29,31H,20-21,23-25H2,1-3H3/t29-,31-,33-,34-/m0/s1. The van der Waals surface area contributed by atoms with Crippen molar-refractivity contribution in [3.63, 3.8) is 0 Å². The summed E-state index contributed by atoms with van der Waals surface area (Å²) >= 11 is 0. The molecule has 0 spiro atoms. The fourth-order valence-electron chi connectivity index (χ4n) is 8.12. The Kier molecular flexibility index (Phi) is 6.60. The molecule has 3 aliphatic rings. The number of carbonyl (C=O) groups is 1. The maximum absolute atomic E-state index is 14.1. The summed E-state index contributed by atoms with van der Waals surface area (Å²) in [4.78, 5) is 13.8. The predicted molar refractivity (Wildman–Crippen MR) is 162 cm³/mol. The van der Waals surface area contributed by atoms with Gasteiger partial charge in [0.1, 0.15) is 4.75 Å². The van der Waals surface area contributed by atoms with Crippen molar-refractivity contribution in [3.05, 3.63) is 103 Å². The van der Waals surface area contributed by atoms with Crippen molar-refractivity contribution in [3.8, 4) is 0 Å². The number of benzene rings is 3. The predicted octanol–water partition coefficient (Wildman–Crippen LogP) is 5.72. The van der Waals surface area contributed by atoms with E-state index in [1.807, 2.05) is 18.2 Å². The molecule has 0 bridgehead atoms. The van der Waals surface area contributed by atoms with Gasteiger partial charge >= 0.3 is 0 Å². The topological polar surface area (TPSA) is 60.4 Å². The lowest BCUT2D eigenvalue weighted by Gasteiger charge is -2.44. The first-order valence-corrected chi connectivity index (χ1v) is 17.8. The molecule has 2 fully saturated rings. The molecule has 40 heavy (non-hydrogen) atoms. The number of Topliss-reactive ketones (excluding diaryl/α,β-unsaturated/α-hetero) is 1. The normalized spacial score (nSPS) is 27.7. The molecule has 3 aromatic rings. The molecule has 0 aromatic heterocycles. The van der Waals surface area contributed by atoms with Crippen LogP contribution < -0.4 is 10.4 Å². The third-order valence-electron chi connectivity index (χ3n) is 9.82. The van der Waals surface area contributed by atoms with Crippen LogP contribution in [0.2, 0.25) is 5.04 Å². The van der Waals surface area contributed by atoms with Crippen molar-refractivity contribution in [2.45, 2.75) is 61.1 Å². The third kappa shape index (κ3) is 3.79. The zero-order valence-corrected chi connectivity index (χ0v) is 25.4. The Balaban J connectivity index is 1.36. The van der Waals surface area contributed by atoms with E-state index >= 15 is 0 Å². The summed E-state index contributed by atoms with van der Waals surface area (Å²) in [5.74, 6) is -0.455. The van der Waals surface area contributed by atoms with Crippen LogP contribution in [0, 0.1) is 17.3 Å². The Hall–Kier alpha value is -2.80. The van der Waals surface area contributed by atoms with Gasteiger partial charge in [0.2, 0.25) is 0 Å². The Morgan fingerprint density at radius 2 is 1.43 bits per heavy atom. The van der Waals surface area contributed by atoms with E-state index in [0.29, 0.717) is 32.3 Å². The van der Waals surface area contributed by atoms with Gasteiger partial charge in [-0.2, -0.15) is 0 Å². The average Bonchev–Trinajstić information content (AvgIpc) is 3.68. The zero-order chi connectivity index (χ0) is 28.2. The van der Waals surface area contributed by atoms with Gasteiger partial charge in [0.15, 0.2) is 15.6 Å². The Labute approximate surface area is 239 Å². The fraction of sp³-hybridized carbons (Fsp3) is 0.382. The number of ketones is 1. The number of allylic oxidation sites excluding steroid dienone is 2. The Morgan fingerprint density at radius 1 is 0.875 bits per heavy atom. The van der Waals surface area contributed by atoms with Gasteiger partial charge < -0.3 is 4.43 Å². The third-order valence-corrected chi connectivity index (χ3v) is 17.4. The molecular weight excluding hydrogens is 533 g/mol. The first-order chi connectivity index (χ1) is 19.1. The van der Waals surface area contributed by atoms with E-state index in [-0.39, 0.29) is 33.0 Å². The van der Waals surface area contributed by atoms with E-state index < -0.39 is 22.9 Å². The van der Waals surface area contributed by atoms with Crippen LogP contribution in [0.15, 0.2) is 108 Å². The molecule has 0 saturated heterocycles. The van der Waals surface area contributed by atoms with Gasteiger partial charge in [-0.15, -0.1) is 0 Å². The first-order valence-electron chi connectivity index (χ1n) is 14.4. The van der Waals surface area contributed by atoms with Crippen molar-refractivity contribution in [1.82, 2.24) is 0 Å². The van der Waals surface area contributed by atoms with Gasteiger partial charge in [0, 0.05) is 18.9 Å². The highest BCUT2D eigenvalue weighted by molar-refractivity contribution is 7.94. The second kappa shape index (κ2) is 9.64. The van der Waals surface area contributed by atoms with Gasteiger partial charge in [0.05, 0.1) is 4.90 Å². The smallest absolute Gasteiger partial charge is 0.261 e. The van der Waals surface area contributed by atoms with E-state index in [4.69, 9.17) is 4.43 Å². The minimum Gasteiger partial charge on any atom is -0.407 e. The summed E-state index contributed by atoms with van der Waals surface area (Å²) in [5.41, 5.74) is -0.357. The molecule has 6 rings (SSSR count). The molecule has 208 valence electrons. The van der Waals surface area contributed by atoms with Crippen LogP contribution in [-0.4, -0.2) is 33.9 Å². The van der Waals surface area contributed by atoms with Gasteiger partial charge in [0.25, 0.3) is 8.32 Å². The van der Waals surface area contributed by atoms with E-state index in [1.54, 1.807) is 24.3 Å². The zero-order valence-electron chi connectivity index (χ0n) is 23.5. The summed E-state index contributed by atoms with van der Waals surface area (Å²) in [7, 11) is -6.53. The average molecular weight is 571 g/mol. The second-order valence-corrected chi connectivity index (χ2v) is 19.2. The number of sulfone groups is 1. The highest BCUT2D eigenvalue weighted by Crippen LogP contribution is 2.73. The highest BCUT2D eigenvalue weighted by Gasteiger charge is 2.82. The molecule has 0 aliphatic heterocycles. The van der Waals surface area contributed by atoms with Gasteiger partial charge in [-0.25, -0.2) is 8.42 Å². The van der Waals surface area contributed by atoms with Gasteiger partial charge in [-0.1, -0.05) is 112 Å². The summed E-state index contributed by atoms with van der Waals surface area (Å²) in [5, 5.41) is 2.32. The van der Waals surface area contributed by atoms with Crippen molar-refractivity contribution in [1.29, 1.82) is 0 Å². The quantitative estimate of drug-likeness (QED) is 0.257. The number of carbonyl (C=O) groups excluding carboxylic acids is 1. The van der Waals surface area contributed by atoms with E-state index in [2.05, 4.69) is 81.5 Å². The van der Waals surface area contributed by atoms with Crippen LogP contribution in [-0.2, 0) is 19.1 Å². The highest BCUT2D eigenvalue weighted by atomic mass is 32.2. The second-order valence-electron chi connectivity index (χ2n) is 12.7. The molecule has 2 saturated carbocycles. The van der Waals surface area contributed by atoms with E-state index in [1.165, 1.54) is 10.4 Å².